The van der Waals surface area contributed by atoms with Crippen LogP contribution in [0.15, 0.2) is 58.9 Å². The molecule has 2 N–H and O–H groups in total. The van der Waals surface area contributed by atoms with Crippen molar-refractivity contribution in [2.75, 3.05) is 18.8 Å². The van der Waals surface area contributed by atoms with Crippen molar-refractivity contribution in [2.24, 2.45) is 0 Å². The number of carbonyl (C=O) groups is 1. The number of likely N-dealkylation sites (tertiary alicyclic amines) is 1. The third-order valence-corrected chi connectivity index (χ3v) is 7.25. The zero-order valence-corrected chi connectivity index (χ0v) is 22.9. The van der Waals surface area contributed by atoms with E-state index >= 15 is 4.39 Å². The van der Waals surface area contributed by atoms with Crippen LogP contribution in [0.25, 0.3) is 28.1 Å². The number of aryl methyl sites for hydroxylation is 1. The van der Waals surface area contributed by atoms with Crippen LogP contribution in [0.4, 0.5) is 10.2 Å². The van der Waals surface area contributed by atoms with E-state index in [1.54, 1.807) is 31.3 Å². The summed E-state index contributed by atoms with van der Waals surface area (Å²) in [4.78, 5) is 54.0. The maximum atomic E-state index is 15.7. The second-order valence-electron chi connectivity index (χ2n) is 10.2. The molecule has 1 saturated heterocycles. The molecule has 0 aromatic carbocycles. The van der Waals surface area contributed by atoms with Crippen LogP contribution in [-0.2, 0) is 11.3 Å². The first-order valence-electron chi connectivity index (χ1n) is 12.6. The van der Waals surface area contributed by atoms with Crippen molar-refractivity contribution in [2.45, 2.75) is 38.9 Å². The number of rotatable bonds is 6. The highest BCUT2D eigenvalue weighted by Gasteiger charge is 2.46. The van der Waals surface area contributed by atoms with Gasteiger partial charge >= 0.3 is 11.1 Å². The fourth-order valence-corrected chi connectivity index (χ4v) is 5.26. The number of alkyl halides is 1. The Morgan fingerprint density at radius 2 is 1.95 bits per heavy atom. The molecule has 0 spiro atoms. The molecule has 10 nitrogen and oxygen atoms in total. The maximum absolute atomic E-state index is 15.7. The molecule has 12 heteroatoms. The minimum atomic E-state index is -1.94. The number of hydrogen-bond acceptors (Lipinski definition) is 7. The molecule has 0 bridgehead atoms. The van der Waals surface area contributed by atoms with E-state index < -0.39 is 29.2 Å². The van der Waals surface area contributed by atoms with Gasteiger partial charge in [-0.2, -0.15) is 0 Å². The molecule has 0 saturated carbocycles. The molecule has 0 aliphatic carbocycles. The lowest BCUT2D eigenvalue weighted by molar-refractivity contribution is -0.141. The van der Waals surface area contributed by atoms with Crippen molar-refractivity contribution in [3.63, 3.8) is 0 Å². The summed E-state index contributed by atoms with van der Waals surface area (Å²) < 4.78 is 18.0. The molecule has 206 valence electrons. The summed E-state index contributed by atoms with van der Waals surface area (Å²) >= 11 is 6.67. The van der Waals surface area contributed by atoms with Gasteiger partial charge in [0.2, 0.25) is 5.91 Å². The minimum absolute atomic E-state index is 0.0761. The van der Waals surface area contributed by atoms with Gasteiger partial charge in [-0.3, -0.25) is 28.5 Å². The average Bonchev–Trinajstić information content (AvgIpc) is 2.90. The van der Waals surface area contributed by atoms with Gasteiger partial charge in [0.15, 0.2) is 11.3 Å². The number of fused-ring (bicyclic) bond motifs is 1. The fourth-order valence-electron chi connectivity index (χ4n) is 5.01. The molecular weight excluding hydrogens is 537 g/mol. The number of nitrogen functional groups attached to an aromatic ring is 1. The molecule has 5 rings (SSSR count). The van der Waals surface area contributed by atoms with E-state index in [-0.39, 0.29) is 46.7 Å². The average molecular weight is 564 g/mol. The van der Waals surface area contributed by atoms with Crippen molar-refractivity contribution in [1.82, 2.24) is 29.0 Å². The topological polar surface area (TPSA) is 129 Å². The summed E-state index contributed by atoms with van der Waals surface area (Å²) in [6.07, 6.45) is 4.25. The zero-order valence-electron chi connectivity index (χ0n) is 22.2. The van der Waals surface area contributed by atoms with Crippen LogP contribution in [0, 0.1) is 6.92 Å². The van der Waals surface area contributed by atoms with Crippen molar-refractivity contribution in [1.29, 1.82) is 0 Å². The first-order valence-corrected chi connectivity index (χ1v) is 13.0. The number of nitrogens with two attached hydrogens (primary N) is 1. The van der Waals surface area contributed by atoms with Crippen LogP contribution in [-0.4, -0.2) is 53.7 Å². The van der Waals surface area contributed by atoms with Crippen LogP contribution >= 0.6 is 11.6 Å². The van der Waals surface area contributed by atoms with E-state index in [1.165, 1.54) is 21.7 Å². The molecule has 4 aromatic heterocycles. The molecule has 0 atom stereocenters. The smallest absolute Gasteiger partial charge is 0.322 e. The highest BCUT2D eigenvalue weighted by Crippen LogP contribution is 2.34. The van der Waals surface area contributed by atoms with Crippen molar-refractivity contribution >= 4 is 34.5 Å². The number of carbonyl (C=O) groups excluding carboxylic acids is 1. The summed E-state index contributed by atoms with van der Waals surface area (Å²) in [5, 5.41) is 0.127. The lowest BCUT2D eigenvalue weighted by atomic mass is 9.95. The van der Waals surface area contributed by atoms with Gasteiger partial charge in [-0.1, -0.05) is 32.0 Å². The number of hydrogen-bond donors (Lipinski definition) is 1. The highest BCUT2D eigenvalue weighted by molar-refractivity contribution is 6.33. The van der Waals surface area contributed by atoms with Gasteiger partial charge in [0.25, 0.3) is 0 Å². The van der Waals surface area contributed by atoms with Gasteiger partial charge in [-0.05, 0) is 48.7 Å². The van der Waals surface area contributed by atoms with E-state index in [0.717, 1.165) is 10.6 Å². The number of pyridine rings is 3. The molecule has 1 fully saturated rings. The summed E-state index contributed by atoms with van der Waals surface area (Å²) in [7, 11) is 0. The number of aromatic nitrogens is 5. The molecule has 40 heavy (non-hydrogen) atoms. The fraction of sp³-hybridized carbons (Fsp3) is 0.286. The number of halogens is 2. The lowest BCUT2D eigenvalue weighted by Gasteiger charge is -2.44. The highest BCUT2D eigenvalue weighted by atomic mass is 35.5. The zero-order chi connectivity index (χ0) is 28.9. The summed E-state index contributed by atoms with van der Waals surface area (Å²) in [6.45, 7) is 8.09. The Morgan fingerprint density at radius 3 is 2.60 bits per heavy atom. The lowest BCUT2D eigenvalue weighted by Crippen LogP contribution is -2.63. The second kappa shape index (κ2) is 9.98. The van der Waals surface area contributed by atoms with Gasteiger partial charge < -0.3 is 10.6 Å². The Bertz CT molecular complexity index is 1810. The standard InChI is InChI=1S/C28H27ClFN7O3/c1-5-20(38)35-12-28(30,13-35)14-36-19-11-18(29)22(17-7-6-9-33-24(17)31)34-25(19)37(27(40)26(36)39)23-16(4)8-10-32-21(23)15(2)3/h5-11,15H,1,12-14H2,2-4H3,(H2,31,33). The Morgan fingerprint density at radius 1 is 1.23 bits per heavy atom. The SMILES string of the molecule is C=CC(=O)N1CC(F)(Cn2c(=O)c(=O)n(-c3c(C)ccnc3C(C)C)c3nc(-c4cccnc4N)c(Cl)cc32)C1. The third kappa shape index (κ3) is 4.45. The van der Waals surface area contributed by atoms with Crippen molar-refractivity contribution in [3.8, 4) is 16.9 Å². The summed E-state index contributed by atoms with van der Waals surface area (Å²) in [6, 6.07) is 6.56. The van der Waals surface area contributed by atoms with Crippen molar-refractivity contribution in [3.05, 3.63) is 86.3 Å². The Kier molecular flexibility index (Phi) is 6.79. The van der Waals surface area contributed by atoms with Gasteiger partial charge in [0, 0.05) is 18.0 Å². The molecule has 4 aromatic rings. The monoisotopic (exact) mass is 563 g/mol. The number of nitrogens with zero attached hydrogens (tertiary/aromatic N) is 6. The normalized spacial score (nSPS) is 14.4. The summed E-state index contributed by atoms with van der Waals surface area (Å²) in [5.74, 6) is -0.349. The van der Waals surface area contributed by atoms with Crippen LogP contribution in [0.1, 0.15) is 31.0 Å². The number of anilines is 1. The molecule has 0 unspecified atom stereocenters. The quantitative estimate of drug-likeness (QED) is 0.281. The summed E-state index contributed by atoms with van der Waals surface area (Å²) in [5.41, 5.74) is 4.87. The second-order valence-corrected chi connectivity index (χ2v) is 10.6. The first kappa shape index (κ1) is 27.2. The van der Waals surface area contributed by atoms with Gasteiger partial charge in [0.1, 0.15) is 5.82 Å². The Hall–Kier alpha value is -4.38. The van der Waals surface area contributed by atoms with E-state index in [0.29, 0.717) is 22.5 Å². The van der Waals surface area contributed by atoms with Crippen LogP contribution < -0.4 is 16.9 Å². The van der Waals surface area contributed by atoms with Crippen LogP contribution in [0.3, 0.4) is 0 Å². The Balaban J connectivity index is 1.83. The van der Waals surface area contributed by atoms with E-state index in [4.69, 9.17) is 22.3 Å². The van der Waals surface area contributed by atoms with E-state index in [9.17, 15) is 14.4 Å². The van der Waals surface area contributed by atoms with E-state index in [1.807, 2.05) is 13.8 Å². The van der Waals surface area contributed by atoms with Gasteiger partial charge in [-0.15, -0.1) is 0 Å². The maximum Gasteiger partial charge on any atom is 0.322 e. The molecule has 1 aliphatic rings. The molecule has 0 radical (unpaired) electrons. The van der Waals surface area contributed by atoms with Crippen LogP contribution in [0.5, 0.6) is 0 Å². The van der Waals surface area contributed by atoms with Gasteiger partial charge in [0.05, 0.1) is 47.2 Å². The van der Waals surface area contributed by atoms with Crippen molar-refractivity contribution < 1.29 is 9.18 Å². The van der Waals surface area contributed by atoms with Gasteiger partial charge in [-0.25, -0.2) is 14.4 Å². The third-order valence-electron chi connectivity index (χ3n) is 6.96. The Labute approximate surface area is 233 Å². The minimum Gasteiger partial charge on any atom is -0.383 e. The predicted molar refractivity (Wildman–Crippen MR) is 151 cm³/mol. The van der Waals surface area contributed by atoms with Crippen LogP contribution in [0.2, 0.25) is 5.02 Å². The van der Waals surface area contributed by atoms with E-state index in [2.05, 4.69) is 16.5 Å². The first-order chi connectivity index (χ1) is 19.0. The number of amides is 1. The molecule has 5 heterocycles. The molecule has 1 aliphatic heterocycles. The molecular formula is C28H27ClFN7O3. The predicted octanol–water partition coefficient (Wildman–Crippen LogP) is 3.41. The molecule has 1 amide bonds. The largest absolute Gasteiger partial charge is 0.383 e.